The summed E-state index contributed by atoms with van der Waals surface area (Å²) in [4.78, 5) is 9.58. The highest BCUT2D eigenvalue weighted by atomic mass is 35.5. The topological polar surface area (TPSA) is 52.4 Å². The lowest BCUT2D eigenvalue weighted by Crippen LogP contribution is -1.90. The maximum atomic E-state index is 10.3. The molecule has 0 saturated carbocycles. The number of nitro groups is 1. The Bertz CT molecular complexity index is 418. The van der Waals surface area contributed by atoms with E-state index in [1.54, 1.807) is 12.1 Å². The van der Waals surface area contributed by atoms with E-state index in [9.17, 15) is 10.1 Å². The molecule has 0 aliphatic carbocycles. The Balaban J connectivity index is 3.03. The Kier molecular flexibility index (Phi) is 3.94. The molecule has 0 unspecified atom stereocenters. The predicted molar refractivity (Wildman–Crippen MR) is 58.8 cm³/mol. The number of halogens is 2. The molecule has 0 fully saturated rings. The van der Waals surface area contributed by atoms with E-state index >= 15 is 0 Å². The molecule has 0 amide bonds. The zero-order valence-electron chi connectivity index (χ0n) is 7.74. The molecule has 4 nitrogen and oxygen atoms in total. The summed E-state index contributed by atoms with van der Waals surface area (Å²) in [5, 5.41) is 10.2. The van der Waals surface area contributed by atoms with E-state index in [4.69, 9.17) is 27.9 Å². The van der Waals surface area contributed by atoms with E-state index in [0.29, 0.717) is 16.3 Å². The van der Waals surface area contributed by atoms with E-state index in [1.807, 2.05) is 0 Å². The summed E-state index contributed by atoms with van der Waals surface area (Å²) in [5.41, 5.74) is 0.544. The van der Waals surface area contributed by atoms with Gasteiger partial charge in [0, 0.05) is 6.08 Å². The van der Waals surface area contributed by atoms with Gasteiger partial charge in [0.05, 0.1) is 17.1 Å². The van der Waals surface area contributed by atoms with Gasteiger partial charge in [0.15, 0.2) is 0 Å². The Morgan fingerprint density at radius 2 is 2.27 bits per heavy atom. The first kappa shape index (κ1) is 11.8. The number of benzene rings is 1. The van der Waals surface area contributed by atoms with Crippen LogP contribution in [0.1, 0.15) is 5.56 Å². The lowest BCUT2D eigenvalue weighted by Gasteiger charge is -2.02. The van der Waals surface area contributed by atoms with Gasteiger partial charge in [-0.05, 0) is 29.3 Å². The summed E-state index contributed by atoms with van der Waals surface area (Å²) in [6.45, 7) is 0. The van der Waals surface area contributed by atoms with Crippen molar-refractivity contribution in [3.63, 3.8) is 0 Å². The number of rotatable bonds is 3. The van der Waals surface area contributed by atoms with Gasteiger partial charge in [-0.3, -0.25) is 10.1 Å². The summed E-state index contributed by atoms with van der Waals surface area (Å²) in [5.74, 6) is 0.506. The van der Waals surface area contributed by atoms with Crippen molar-refractivity contribution in [3.05, 3.63) is 44.1 Å². The molecule has 15 heavy (non-hydrogen) atoms. The first-order valence-corrected chi connectivity index (χ1v) is 4.65. The van der Waals surface area contributed by atoms with Crippen molar-refractivity contribution in [1.82, 2.24) is 0 Å². The first-order chi connectivity index (χ1) is 7.04. The normalized spacial score (nSPS) is 11.3. The lowest BCUT2D eigenvalue weighted by atomic mass is 10.2. The Labute approximate surface area is 96.2 Å². The second-order valence-electron chi connectivity index (χ2n) is 2.62. The van der Waals surface area contributed by atoms with Gasteiger partial charge in [-0.15, -0.1) is 0 Å². The first-order valence-electron chi connectivity index (χ1n) is 3.89. The zero-order chi connectivity index (χ0) is 11.4. The van der Waals surface area contributed by atoms with Crippen LogP contribution in [0.15, 0.2) is 23.4 Å². The third-order valence-corrected chi connectivity index (χ3v) is 2.18. The van der Waals surface area contributed by atoms with Gasteiger partial charge in [0.1, 0.15) is 5.75 Å². The summed E-state index contributed by atoms with van der Waals surface area (Å²) in [6.07, 6.45) is 1.22. The Morgan fingerprint density at radius 1 is 1.60 bits per heavy atom. The summed E-state index contributed by atoms with van der Waals surface area (Å²) < 4.78 is 4.93. The van der Waals surface area contributed by atoms with Crippen LogP contribution in [-0.4, -0.2) is 12.0 Å². The highest BCUT2D eigenvalue weighted by Crippen LogP contribution is 2.26. The summed E-state index contributed by atoms with van der Waals surface area (Å²) in [7, 11) is 1.49. The van der Waals surface area contributed by atoms with E-state index in [1.165, 1.54) is 19.3 Å². The molecule has 0 aliphatic heterocycles. The average Bonchev–Trinajstić information content (AvgIpc) is 2.18. The second kappa shape index (κ2) is 5.00. The number of nitrogens with zero attached hydrogens (tertiary/aromatic N) is 1. The SMILES string of the molecule is COc1ccc(/C=C(\Cl)[N+](=O)[O-])cc1Cl. The van der Waals surface area contributed by atoms with E-state index in [2.05, 4.69) is 0 Å². The predicted octanol–water partition coefficient (Wildman–Crippen LogP) is 3.16. The van der Waals surface area contributed by atoms with Crippen LogP contribution in [0.4, 0.5) is 0 Å². The van der Waals surface area contributed by atoms with Crippen LogP contribution < -0.4 is 4.74 Å². The van der Waals surface area contributed by atoms with Gasteiger partial charge in [0.2, 0.25) is 0 Å². The van der Waals surface area contributed by atoms with Gasteiger partial charge in [0.25, 0.3) is 0 Å². The van der Waals surface area contributed by atoms with Crippen molar-refractivity contribution in [1.29, 1.82) is 0 Å². The van der Waals surface area contributed by atoms with Crippen molar-refractivity contribution in [2.45, 2.75) is 0 Å². The molecule has 0 bridgehead atoms. The number of hydrogen-bond donors (Lipinski definition) is 0. The minimum Gasteiger partial charge on any atom is -0.495 e. The standard InChI is InChI=1S/C9H7Cl2NO3/c1-15-8-3-2-6(4-7(8)10)5-9(11)12(13)14/h2-5H,1H3/b9-5+. The average molecular weight is 248 g/mol. The maximum Gasteiger partial charge on any atom is 0.337 e. The van der Waals surface area contributed by atoms with Crippen molar-refractivity contribution < 1.29 is 9.66 Å². The van der Waals surface area contributed by atoms with Crippen LogP contribution in [0.5, 0.6) is 5.75 Å². The van der Waals surface area contributed by atoms with E-state index in [-0.39, 0.29) is 0 Å². The van der Waals surface area contributed by atoms with Gasteiger partial charge < -0.3 is 4.74 Å². The molecule has 0 aromatic heterocycles. The van der Waals surface area contributed by atoms with Crippen LogP contribution in [0, 0.1) is 10.1 Å². The maximum absolute atomic E-state index is 10.3. The van der Waals surface area contributed by atoms with Crippen molar-refractivity contribution >= 4 is 29.3 Å². The molecular formula is C9H7Cl2NO3. The molecule has 0 atom stereocenters. The van der Waals surface area contributed by atoms with Crippen LogP contribution in [0.25, 0.3) is 6.08 Å². The molecule has 0 aliphatic rings. The molecule has 0 heterocycles. The number of hydrogen-bond acceptors (Lipinski definition) is 3. The molecule has 1 aromatic rings. The fourth-order valence-electron chi connectivity index (χ4n) is 0.963. The summed E-state index contributed by atoms with van der Waals surface area (Å²) in [6, 6.07) is 4.77. The highest BCUT2D eigenvalue weighted by Gasteiger charge is 2.06. The molecule has 6 heteroatoms. The third kappa shape index (κ3) is 3.11. The fourth-order valence-corrected chi connectivity index (χ4v) is 1.35. The molecule has 0 N–H and O–H groups in total. The molecule has 80 valence electrons. The molecule has 0 saturated heterocycles. The van der Waals surface area contributed by atoms with Gasteiger partial charge in [-0.2, -0.15) is 0 Å². The fraction of sp³-hybridized carbons (Fsp3) is 0.111. The number of ether oxygens (including phenoxy) is 1. The minimum absolute atomic E-state index is 0.374. The molecular weight excluding hydrogens is 241 g/mol. The van der Waals surface area contributed by atoms with Gasteiger partial charge >= 0.3 is 5.16 Å². The Morgan fingerprint density at radius 3 is 2.73 bits per heavy atom. The molecule has 1 aromatic carbocycles. The highest BCUT2D eigenvalue weighted by molar-refractivity contribution is 6.32. The largest absolute Gasteiger partial charge is 0.495 e. The van der Waals surface area contributed by atoms with Crippen LogP contribution in [0.3, 0.4) is 0 Å². The van der Waals surface area contributed by atoms with Crippen LogP contribution in [-0.2, 0) is 0 Å². The lowest BCUT2D eigenvalue weighted by molar-refractivity contribution is -0.410. The van der Waals surface area contributed by atoms with Crippen LogP contribution >= 0.6 is 23.2 Å². The molecule has 1 rings (SSSR count). The minimum atomic E-state index is -0.681. The molecule has 0 radical (unpaired) electrons. The Hall–Kier alpha value is -1.26. The monoisotopic (exact) mass is 247 g/mol. The van der Waals surface area contributed by atoms with Crippen molar-refractivity contribution in [3.8, 4) is 5.75 Å². The van der Waals surface area contributed by atoms with Crippen molar-refractivity contribution in [2.24, 2.45) is 0 Å². The molecule has 0 spiro atoms. The van der Waals surface area contributed by atoms with Crippen molar-refractivity contribution in [2.75, 3.05) is 7.11 Å². The van der Waals surface area contributed by atoms with E-state index < -0.39 is 10.1 Å². The zero-order valence-corrected chi connectivity index (χ0v) is 9.25. The third-order valence-electron chi connectivity index (χ3n) is 1.64. The smallest absolute Gasteiger partial charge is 0.337 e. The van der Waals surface area contributed by atoms with Gasteiger partial charge in [-0.1, -0.05) is 17.7 Å². The summed E-state index contributed by atoms with van der Waals surface area (Å²) >= 11 is 11.2. The number of methoxy groups -OCH3 is 1. The second-order valence-corrected chi connectivity index (χ2v) is 3.41. The van der Waals surface area contributed by atoms with Gasteiger partial charge in [-0.25, -0.2) is 0 Å². The quantitative estimate of drug-likeness (QED) is 0.469. The van der Waals surface area contributed by atoms with Crippen LogP contribution in [0.2, 0.25) is 5.02 Å². The van der Waals surface area contributed by atoms with E-state index in [0.717, 1.165) is 0 Å².